The molecular weight excluding hydrogens is 258 g/mol. The summed E-state index contributed by atoms with van der Waals surface area (Å²) in [5.41, 5.74) is 2.49. The Balaban J connectivity index is 1.64. The second kappa shape index (κ2) is 5.63. The van der Waals surface area contributed by atoms with Gasteiger partial charge in [0.15, 0.2) is 0 Å². The highest BCUT2D eigenvalue weighted by Gasteiger charge is 2.43. The number of nitrogens with one attached hydrogen (secondary N) is 1. The Morgan fingerprint density at radius 3 is 1.90 bits per heavy atom. The average Bonchev–Trinajstić information content (AvgIpc) is 3.13. The SMILES string of the molecule is c1ccc(C(OC2C3CCC2NC3)c2ccccc2)cc1. The summed E-state index contributed by atoms with van der Waals surface area (Å²) in [6.45, 7) is 1.12. The monoisotopic (exact) mass is 279 g/mol. The van der Waals surface area contributed by atoms with Crippen LogP contribution in [0.2, 0.25) is 0 Å². The van der Waals surface area contributed by atoms with E-state index in [0.29, 0.717) is 18.1 Å². The fourth-order valence-corrected chi connectivity index (χ4v) is 3.76. The number of hydrogen-bond acceptors (Lipinski definition) is 2. The Kier molecular flexibility index (Phi) is 3.50. The van der Waals surface area contributed by atoms with Crippen LogP contribution in [0.1, 0.15) is 30.1 Å². The number of hydrogen-bond donors (Lipinski definition) is 1. The maximum Gasteiger partial charge on any atom is 0.108 e. The Morgan fingerprint density at radius 2 is 1.48 bits per heavy atom. The zero-order valence-electron chi connectivity index (χ0n) is 12.1. The van der Waals surface area contributed by atoms with Crippen molar-refractivity contribution in [3.8, 4) is 0 Å². The zero-order valence-corrected chi connectivity index (χ0v) is 12.1. The number of fused-ring (bicyclic) bond motifs is 2. The summed E-state index contributed by atoms with van der Waals surface area (Å²) in [7, 11) is 0. The molecule has 2 bridgehead atoms. The van der Waals surface area contributed by atoms with Crippen LogP contribution in [-0.2, 0) is 4.74 Å². The topological polar surface area (TPSA) is 21.3 Å². The normalized spacial score (nSPS) is 27.4. The number of ether oxygens (including phenoxy) is 1. The van der Waals surface area contributed by atoms with Crippen LogP contribution in [0.3, 0.4) is 0 Å². The molecule has 2 aromatic carbocycles. The molecule has 0 spiro atoms. The van der Waals surface area contributed by atoms with Crippen molar-refractivity contribution in [1.82, 2.24) is 5.32 Å². The Morgan fingerprint density at radius 1 is 0.857 bits per heavy atom. The average molecular weight is 279 g/mol. The Bertz CT molecular complexity index is 524. The first kappa shape index (κ1) is 13.1. The molecule has 0 aromatic heterocycles. The molecule has 108 valence electrons. The van der Waals surface area contributed by atoms with Gasteiger partial charge in [-0.25, -0.2) is 0 Å². The predicted octanol–water partition coefficient (Wildman–Crippen LogP) is 3.54. The molecule has 0 radical (unpaired) electrons. The van der Waals surface area contributed by atoms with Gasteiger partial charge in [-0.2, -0.15) is 0 Å². The highest BCUT2D eigenvalue weighted by Crippen LogP contribution is 2.38. The molecule has 3 unspecified atom stereocenters. The molecule has 2 aromatic rings. The van der Waals surface area contributed by atoms with Gasteiger partial charge in [0.1, 0.15) is 6.10 Å². The van der Waals surface area contributed by atoms with Crippen molar-refractivity contribution in [1.29, 1.82) is 0 Å². The maximum atomic E-state index is 6.61. The smallest absolute Gasteiger partial charge is 0.108 e. The highest BCUT2D eigenvalue weighted by molar-refractivity contribution is 5.30. The van der Waals surface area contributed by atoms with Crippen molar-refractivity contribution >= 4 is 0 Å². The molecule has 3 atom stereocenters. The molecule has 1 aliphatic carbocycles. The number of piperidine rings is 1. The van der Waals surface area contributed by atoms with Crippen LogP contribution in [0.4, 0.5) is 0 Å². The predicted molar refractivity (Wildman–Crippen MR) is 84.1 cm³/mol. The summed E-state index contributed by atoms with van der Waals surface area (Å²) in [5, 5.41) is 3.59. The first-order valence-corrected chi connectivity index (χ1v) is 7.90. The van der Waals surface area contributed by atoms with E-state index in [1.807, 2.05) is 0 Å². The van der Waals surface area contributed by atoms with Gasteiger partial charge < -0.3 is 10.1 Å². The van der Waals surface area contributed by atoms with Gasteiger partial charge in [0.2, 0.25) is 0 Å². The molecule has 2 fully saturated rings. The third-order valence-electron chi connectivity index (χ3n) is 4.85. The standard InChI is InChI=1S/C19H21NO/c1-3-7-14(8-4-1)18(15-9-5-2-6-10-15)21-19-16-11-12-17(19)20-13-16/h1-10,16-20H,11-13H2. The van der Waals surface area contributed by atoms with E-state index in [1.54, 1.807) is 0 Å². The molecule has 21 heavy (non-hydrogen) atoms. The lowest BCUT2D eigenvalue weighted by atomic mass is 10.0. The van der Waals surface area contributed by atoms with Crippen LogP contribution in [0.15, 0.2) is 60.7 Å². The molecule has 1 heterocycles. The van der Waals surface area contributed by atoms with Crippen molar-refractivity contribution in [2.45, 2.75) is 31.1 Å². The maximum absolute atomic E-state index is 6.61. The van der Waals surface area contributed by atoms with Gasteiger partial charge in [0.25, 0.3) is 0 Å². The highest BCUT2D eigenvalue weighted by atomic mass is 16.5. The minimum atomic E-state index is 0.0420. The third kappa shape index (κ3) is 2.50. The van der Waals surface area contributed by atoms with Gasteiger partial charge in [-0.05, 0) is 29.9 Å². The molecule has 1 saturated heterocycles. The fourth-order valence-electron chi connectivity index (χ4n) is 3.76. The molecule has 0 amide bonds. The van der Waals surface area contributed by atoms with Gasteiger partial charge in [0.05, 0.1) is 6.10 Å². The second-order valence-corrected chi connectivity index (χ2v) is 6.15. The molecular formula is C19H21NO. The van der Waals surface area contributed by atoms with E-state index in [4.69, 9.17) is 4.74 Å². The summed E-state index contributed by atoms with van der Waals surface area (Å²) in [4.78, 5) is 0. The lowest BCUT2D eigenvalue weighted by Crippen LogP contribution is -2.30. The summed E-state index contributed by atoms with van der Waals surface area (Å²) >= 11 is 0. The van der Waals surface area contributed by atoms with Crippen molar-refractivity contribution in [2.24, 2.45) is 5.92 Å². The van der Waals surface area contributed by atoms with Crippen molar-refractivity contribution in [3.63, 3.8) is 0 Å². The van der Waals surface area contributed by atoms with Crippen LogP contribution in [0, 0.1) is 5.92 Å². The Labute approximate surface area is 126 Å². The number of benzene rings is 2. The van der Waals surface area contributed by atoms with E-state index in [2.05, 4.69) is 66.0 Å². The summed E-state index contributed by atoms with van der Waals surface area (Å²) in [6, 6.07) is 21.7. The van der Waals surface area contributed by atoms with Gasteiger partial charge in [-0.15, -0.1) is 0 Å². The van der Waals surface area contributed by atoms with Crippen molar-refractivity contribution in [2.75, 3.05) is 6.54 Å². The minimum Gasteiger partial charge on any atom is -0.364 e. The van der Waals surface area contributed by atoms with Crippen LogP contribution >= 0.6 is 0 Å². The van der Waals surface area contributed by atoms with Crippen LogP contribution in [-0.4, -0.2) is 18.7 Å². The zero-order chi connectivity index (χ0) is 14.1. The Hall–Kier alpha value is -1.64. The fraction of sp³-hybridized carbons (Fsp3) is 0.368. The molecule has 2 heteroatoms. The summed E-state index contributed by atoms with van der Waals surface area (Å²) in [6.07, 6.45) is 2.96. The summed E-state index contributed by atoms with van der Waals surface area (Å²) < 4.78 is 6.61. The van der Waals surface area contributed by atoms with Gasteiger partial charge in [-0.1, -0.05) is 60.7 Å². The molecule has 1 aliphatic heterocycles. The number of rotatable bonds is 4. The van der Waals surface area contributed by atoms with E-state index >= 15 is 0 Å². The molecule has 1 N–H and O–H groups in total. The quantitative estimate of drug-likeness (QED) is 0.924. The van der Waals surface area contributed by atoms with Gasteiger partial charge in [0, 0.05) is 12.6 Å². The molecule has 2 aliphatic rings. The van der Waals surface area contributed by atoms with Crippen LogP contribution < -0.4 is 5.32 Å². The first-order valence-electron chi connectivity index (χ1n) is 7.90. The first-order chi connectivity index (χ1) is 10.4. The van der Waals surface area contributed by atoms with Gasteiger partial charge in [-0.3, -0.25) is 0 Å². The largest absolute Gasteiger partial charge is 0.364 e. The van der Waals surface area contributed by atoms with E-state index in [1.165, 1.54) is 24.0 Å². The third-order valence-corrected chi connectivity index (χ3v) is 4.85. The lowest BCUT2D eigenvalue weighted by molar-refractivity contribution is -0.00482. The molecule has 4 rings (SSSR count). The minimum absolute atomic E-state index is 0.0420. The second-order valence-electron chi connectivity index (χ2n) is 6.15. The lowest BCUT2D eigenvalue weighted by Gasteiger charge is -2.25. The van der Waals surface area contributed by atoms with Crippen molar-refractivity contribution in [3.05, 3.63) is 71.8 Å². The van der Waals surface area contributed by atoms with Crippen LogP contribution in [0.5, 0.6) is 0 Å². The molecule has 1 saturated carbocycles. The van der Waals surface area contributed by atoms with E-state index < -0.39 is 0 Å². The summed E-state index contributed by atoms with van der Waals surface area (Å²) in [5.74, 6) is 0.685. The van der Waals surface area contributed by atoms with E-state index in [9.17, 15) is 0 Å². The van der Waals surface area contributed by atoms with E-state index in [0.717, 1.165) is 6.54 Å². The van der Waals surface area contributed by atoms with E-state index in [-0.39, 0.29) is 6.10 Å². The van der Waals surface area contributed by atoms with Crippen molar-refractivity contribution < 1.29 is 4.74 Å². The van der Waals surface area contributed by atoms with Crippen LogP contribution in [0.25, 0.3) is 0 Å². The molecule has 2 nitrogen and oxygen atoms in total. The van der Waals surface area contributed by atoms with Gasteiger partial charge >= 0.3 is 0 Å².